The Bertz CT molecular complexity index is 2780. The van der Waals surface area contributed by atoms with Gasteiger partial charge in [0.2, 0.25) is 0 Å². The summed E-state index contributed by atoms with van der Waals surface area (Å²) in [6, 6.07) is 41.4. The lowest BCUT2D eigenvalue weighted by molar-refractivity contribution is 1.07. The number of hydrogen-bond donors (Lipinski definition) is 0. The maximum Gasteiger partial charge on any atom is 0.164 e. The van der Waals surface area contributed by atoms with E-state index < -0.39 is 0 Å². The average Bonchev–Trinajstić information content (AvgIpc) is 3.57. The first-order chi connectivity index (χ1) is 25.8. The molecule has 0 saturated carbocycles. The minimum atomic E-state index is -0.167. The van der Waals surface area contributed by atoms with Crippen molar-refractivity contribution in [3.8, 4) is 51.0 Å². The third-order valence-electron chi connectivity index (χ3n) is 8.36. The molecule has 0 atom stereocenters. The van der Waals surface area contributed by atoms with Gasteiger partial charge in [-0.3, -0.25) is 0 Å². The maximum atomic E-state index is 9.08. The van der Waals surface area contributed by atoms with Crippen LogP contribution in [-0.2, 0) is 0 Å². The smallest absolute Gasteiger partial charge is 0.164 e. The van der Waals surface area contributed by atoms with E-state index in [0.29, 0.717) is 28.7 Å². The monoisotopic (exact) mass is 606 g/mol. The summed E-state index contributed by atoms with van der Waals surface area (Å²) in [5.74, 6) is 1.39. The molecule has 4 heteroatoms. The fourth-order valence-electron chi connectivity index (χ4n) is 6.21. The standard InChI is InChI=1S/C43H28N4/c1-3-15-30(16-4-1)41-44-42(31-17-5-2-6-18-31)46-43(45-41)33-26-32(36-23-13-19-29-14-7-8-20-35(29)36)27-34(28-33)47-39-24-11-9-21-37(39)38-22-10-12-25-40(38)47/h1-28H/i9D,10D,21D,22D,24D,25D. The van der Waals surface area contributed by atoms with Gasteiger partial charge in [-0.05, 0) is 52.2 Å². The highest BCUT2D eigenvalue weighted by Gasteiger charge is 2.18. The van der Waals surface area contributed by atoms with E-state index in [4.69, 9.17) is 23.2 Å². The van der Waals surface area contributed by atoms with Crippen molar-refractivity contribution < 1.29 is 8.22 Å². The van der Waals surface area contributed by atoms with Crippen molar-refractivity contribution in [3.63, 3.8) is 0 Å². The van der Waals surface area contributed by atoms with Crippen LogP contribution in [0.3, 0.4) is 0 Å². The van der Waals surface area contributed by atoms with Crippen LogP contribution in [-0.4, -0.2) is 19.5 Å². The van der Waals surface area contributed by atoms with Gasteiger partial charge in [-0.25, -0.2) is 15.0 Å². The Morgan fingerprint density at radius 2 is 0.957 bits per heavy atom. The van der Waals surface area contributed by atoms with E-state index >= 15 is 0 Å². The molecule has 2 aromatic heterocycles. The van der Waals surface area contributed by atoms with E-state index in [-0.39, 0.29) is 58.1 Å². The van der Waals surface area contributed by atoms with E-state index in [1.165, 1.54) is 12.1 Å². The third-order valence-corrected chi connectivity index (χ3v) is 8.36. The molecule has 0 fully saturated rings. The number of rotatable bonds is 5. The molecule has 0 aliphatic carbocycles. The van der Waals surface area contributed by atoms with Gasteiger partial charge in [0.05, 0.1) is 19.3 Å². The highest BCUT2D eigenvalue weighted by Crippen LogP contribution is 2.37. The zero-order valence-corrected chi connectivity index (χ0v) is 25.0. The van der Waals surface area contributed by atoms with Crippen molar-refractivity contribution in [2.45, 2.75) is 0 Å². The molecule has 0 bridgehead atoms. The summed E-state index contributed by atoms with van der Waals surface area (Å²) in [6.07, 6.45) is 0. The lowest BCUT2D eigenvalue weighted by Crippen LogP contribution is -2.02. The van der Waals surface area contributed by atoms with E-state index in [1.807, 2.05) is 103 Å². The Labute approximate surface area is 280 Å². The van der Waals surface area contributed by atoms with Crippen LogP contribution in [0.25, 0.3) is 83.6 Å². The first-order valence-corrected chi connectivity index (χ1v) is 15.3. The molecule has 220 valence electrons. The Hall–Kier alpha value is -6.39. The second-order valence-electron chi connectivity index (χ2n) is 11.2. The number of benzene rings is 7. The number of hydrogen-bond acceptors (Lipinski definition) is 3. The second kappa shape index (κ2) is 11.2. The second-order valence-corrected chi connectivity index (χ2v) is 11.2. The van der Waals surface area contributed by atoms with Crippen LogP contribution in [0.2, 0.25) is 0 Å². The average molecular weight is 607 g/mol. The molecule has 0 amide bonds. The van der Waals surface area contributed by atoms with Gasteiger partial charge in [0.25, 0.3) is 0 Å². The van der Waals surface area contributed by atoms with Gasteiger partial charge in [0.15, 0.2) is 17.5 Å². The molecule has 4 nitrogen and oxygen atoms in total. The molecule has 0 radical (unpaired) electrons. The minimum absolute atomic E-state index is 0.0301. The van der Waals surface area contributed by atoms with Crippen LogP contribution >= 0.6 is 0 Å². The Morgan fingerprint density at radius 1 is 0.426 bits per heavy atom. The normalized spacial score (nSPS) is 13.2. The maximum absolute atomic E-state index is 9.08. The molecule has 0 spiro atoms. The highest BCUT2D eigenvalue weighted by molar-refractivity contribution is 6.09. The molecular formula is C43H28N4. The van der Waals surface area contributed by atoms with E-state index in [1.54, 1.807) is 4.57 Å². The zero-order valence-electron chi connectivity index (χ0n) is 31.0. The molecule has 7 aromatic carbocycles. The lowest BCUT2D eigenvalue weighted by atomic mass is 9.96. The number of fused-ring (bicyclic) bond motifs is 4. The molecule has 9 aromatic rings. The van der Waals surface area contributed by atoms with E-state index in [0.717, 1.165) is 33.0 Å². The van der Waals surface area contributed by atoms with Crippen molar-refractivity contribution in [3.05, 3.63) is 170 Å². The fraction of sp³-hybridized carbons (Fsp3) is 0. The van der Waals surface area contributed by atoms with Gasteiger partial charge in [-0.1, -0.05) is 139 Å². The summed E-state index contributed by atoms with van der Waals surface area (Å²) in [5.41, 5.74) is 5.14. The molecule has 0 saturated heterocycles. The zero-order chi connectivity index (χ0) is 36.4. The van der Waals surface area contributed by atoms with Gasteiger partial charge >= 0.3 is 0 Å². The lowest BCUT2D eigenvalue weighted by Gasteiger charge is -2.15. The molecule has 0 aliphatic rings. The van der Waals surface area contributed by atoms with Crippen LogP contribution in [0.4, 0.5) is 0 Å². The number of nitrogens with zero attached hydrogens (tertiary/aromatic N) is 4. The predicted molar refractivity (Wildman–Crippen MR) is 193 cm³/mol. The molecule has 9 rings (SSSR count). The molecule has 0 aliphatic heterocycles. The Balaban J connectivity index is 1.42. The fourth-order valence-corrected chi connectivity index (χ4v) is 6.21. The SMILES string of the molecule is [2H]c1cc([2H])c2c(c1[2H])c1c([2H])c([2H])cc([2H])c1n2-c1cc(-c2nc(-c3ccccc3)nc(-c3ccccc3)n2)cc(-c2cccc3ccccc23)c1. The van der Waals surface area contributed by atoms with Crippen molar-refractivity contribution in [1.29, 1.82) is 0 Å². The molecule has 0 unspecified atom stereocenters. The third kappa shape index (κ3) is 4.75. The summed E-state index contributed by atoms with van der Waals surface area (Å²) >= 11 is 0. The predicted octanol–water partition coefficient (Wildman–Crippen LogP) is 10.8. The molecular weight excluding hydrogens is 573 g/mol. The van der Waals surface area contributed by atoms with Crippen LogP contribution in [0.5, 0.6) is 0 Å². The van der Waals surface area contributed by atoms with Gasteiger partial charge in [-0.2, -0.15) is 0 Å². The van der Waals surface area contributed by atoms with Crippen molar-refractivity contribution in [2.24, 2.45) is 0 Å². The quantitative estimate of drug-likeness (QED) is 0.196. The van der Waals surface area contributed by atoms with Gasteiger partial charge in [0.1, 0.15) is 0 Å². The van der Waals surface area contributed by atoms with Crippen LogP contribution < -0.4 is 0 Å². The number of aromatic nitrogens is 4. The molecule has 0 N–H and O–H groups in total. The van der Waals surface area contributed by atoms with Gasteiger partial charge < -0.3 is 4.57 Å². The summed E-state index contributed by atoms with van der Waals surface area (Å²) in [4.78, 5) is 14.9. The topological polar surface area (TPSA) is 43.6 Å². The molecule has 47 heavy (non-hydrogen) atoms. The largest absolute Gasteiger partial charge is 0.309 e. The Morgan fingerprint density at radius 3 is 1.60 bits per heavy atom. The van der Waals surface area contributed by atoms with E-state index in [9.17, 15) is 0 Å². The number of para-hydroxylation sites is 2. The van der Waals surface area contributed by atoms with E-state index in [2.05, 4.69) is 18.2 Å². The summed E-state index contributed by atoms with van der Waals surface area (Å²) in [6.45, 7) is 0. The first kappa shape index (κ1) is 21.4. The van der Waals surface area contributed by atoms with Crippen molar-refractivity contribution >= 4 is 32.6 Å². The van der Waals surface area contributed by atoms with Gasteiger partial charge in [-0.15, -0.1) is 0 Å². The van der Waals surface area contributed by atoms with Crippen LogP contribution in [0.1, 0.15) is 8.22 Å². The Kier molecular flexibility index (Phi) is 5.09. The van der Waals surface area contributed by atoms with Crippen LogP contribution in [0.15, 0.2) is 170 Å². The minimum Gasteiger partial charge on any atom is -0.309 e. The van der Waals surface area contributed by atoms with Crippen LogP contribution in [0, 0.1) is 0 Å². The summed E-state index contributed by atoms with van der Waals surface area (Å²) in [7, 11) is 0. The van der Waals surface area contributed by atoms with Gasteiger partial charge in [0, 0.05) is 33.2 Å². The summed E-state index contributed by atoms with van der Waals surface area (Å²) in [5, 5.41) is 2.46. The highest BCUT2D eigenvalue weighted by atomic mass is 15.0. The van der Waals surface area contributed by atoms with Crippen molar-refractivity contribution in [1.82, 2.24) is 19.5 Å². The summed E-state index contributed by atoms with van der Waals surface area (Å²) < 4.78 is 54.7. The first-order valence-electron chi connectivity index (χ1n) is 18.3. The van der Waals surface area contributed by atoms with Crippen molar-refractivity contribution in [2.75, 3.05) is 0 Å². The molecule has 2 heterocycles.